The summed E-state index contributed by atoms with van der Waals surface area (Å²) in [6, 6.07) is 14.7. The molecule has 4 aromatic rings. The van der Waals surface area contributed by atoms with E-state index in [4.69, 9.17) is 18.9 Å². The molecule has 0 aliphatic carbocycles. The van der Waals surface area contributed by atoms with Crippen LogP contribution in [0, 0.1) is 17.0 Å². The highest BCUT2D eigenvalue weighted by atomic mass is 32.1. The zero-order valence-electron chi connectivity index (χ0n) is 23.6. The number of carbonyl (C=O) groups excluding carboxylic acids is 1. The van der Waals surface area contributed by atoms with Gasteiger partial charge in [0, 0.05) is 23.3 Å². The maximum Gasteiger partial charge on any atom is 0.338 e. The Bertz CT molecular complexity index is 1900. The zero-order valence-corrected chi connectivity index (χ0v) is 24.4. The molecule has 1 atom stereocenters. The third-order valence-electron chi connectivity index (χ3n) is 6.97. The van der Waals surface area contributed by atoms with Crippen LogP contribution in [-0.2, 0) is 9.53 Å². The van der Waals surface area contributed by atoms with Crippen LogP contribution in [0.15, 0.2) is 80.1 Å². The number of ether oxygens (including phenoxy) is 2. The number of rotatable bonds is 9. The highest BCUT2D eigenvalue weighted by molar-refractivity contribution is 7.07. The average Bonchev–Trinajstić information content (AvgIpc) is 3.56. The van der Waals surface area contributed by atoms with Gasteiger partial charge in [0.1, 0.15) is 17.3 Å². The van der Waals surface area contributed by atoms with Gasteiger partial charge in [0.05, 0.1) is 40.5 Å². The predicted molar refractivity (Wildman–Crippen MR) is 158 cm³/mol. The minimum absolute atomic E-state index is 0.00316. The molecule has 0 amide bonds. The largest absolute Gasteiger partial charge is 0.497 e. The van der Waals surface area contributed by atoms with Crippen LogP contribution in [-0.4, -0.2) is 29.2 Å². The van der Waals surface area contributed by atoms with Crippen LogP contribution in [0.25, 0.3) is 17.4 Å². The van der Waals surface area contributed by atoms with Crippen molar-refractivity contribution in [2.24, 2.45) is 4.99 Å². The number of thiazole rings is 1. The topological polar surface area (TPSA) is 126 Å². The number of carbonyl (C=O) groups is 1. The second-order valence-electron chi connectivity index (χ2n) is 9.60. The molecule has 3 heterocycles. The highest BCUT2D eigenvalue weighted by Gasteiger charge is 2.34. The molecule has 1 aliphatic rings. The number of fused-ring (bicyclic) bond motifs is 1. The maximum atomic E-state index is 14.0. The summed E-state index contributed by atoms with van der Waals surface area (Å²) >= 11 is 1.20. The molecule has 0 bridgehead atoms. The molecule has 216 valence electrons. The Morgan fingerprint density at radius 2 is 1.98 bits per heavy atom. The molecule has 0 spiro atoms. The second kappa shape index (κ2) is 12.0. The van der Waals surface area contributed by atoms with Gasteiger partial charge in [-0.1, -0.05) is 48.9 Å². The number of methoxy groups -OCH3 is 1. The fourth-order valence-electron chi connectivity index (χ4n) is 5.04. The van der Waals surface area contributed by atoms with E-state index in [1.54, 1.807) is 63.4 Å². The summed E-state index contributed by atoms with van der Waals surface area (Å²) in [6.45, 7) is 5.59. The van der Waals surface area contributed by atoms with Crippen molar-refractivity contribution >= 4 is 29.1 Å². The second-order valence-corrected chi connectivity index (χ2v) is 10.6. The van der Waals surface area contributed by atoms with Gasteiger partial charge in [-0.05, 0) is 50.1 Å². The van der Waals surface area contributed by atoms with Gasteiger partial charge >= 0.3 is 5.97 Å². The van der Waals surface area contributed by atoms with E-state index in [0.29, 0.717) is 61.0 Å². The summed E-state index contributed by atoms with van der Waals surface area (Å²) in [7, 11) is 1.56. The van der Waals surface area contributed by atoms with Gasteiger partial charge < -0.3 is 13.9 Å². The van der Waals surface area contributed by atoms with Crippen LogP contribution in [0.5, 0.6) is 5.75 Å². The minimum Gasteiger partial charge on any atom is -0.497 e. The number of allylic oxidation sites excluding steroid dienone is 1. The molecule has 0 fully saturated rings. The van der Waals surface area contributed by atoms with Crippen LogP contribution in [0.3, 0.4) is 0 Å². The molecule has 0 saturated heterocycles. The van der Waals surface area contributed by atoms with Crippen molar-refractivity contribution in [3.8, 4) is 17.1 Å². The Kier molecular flexibility index (Phi) is 8.21. The first-order chi connectivity index (χ1) is 20.3. The van der Waals surface area contributed by atoms with Crippen LogP contribution >= 0.6 is 11.3 Å². The molecule has 0 radical (unpaired) electrons. The van der Waals surface area contributed by atoms with Crippen LogP contribution in [0.2, 0.25) is 0 Å². The molecular formula is C31H29N3O7S. The van der Waals surface area contributed by atoms with E-state index in [0.717, 1.165) is 6.42 Å². The highest BCUT2D eigenvalue weighted by Crippen LogP contribution is 2.34. The number of esters is 1. The van der Waals surface area contributed by atoms with Crippen molar-refractivity contribution in [1.29, 1.82) is 0 Å². The number of nitro benzene ring substituents is 1. The third kappa shape index (κ3) is 5.30. The van der Waals surface area contributed by atoms with Crippen molar-refractivity contribution in [3.05, 3.63) is 113 Å². The van der Waals surface area contributed by atoms with E-state index in [-0.39, 0.29) is 17.9 Å². The Labute approximate surface area is 245 Å². The van der Waals surface area contributed by atoms with Crippen LogP contribution < -0.4 is 19.6 Å². The maximum absolute atomic E-state index is 14.0. The molecule has 0 saturated carbocycles. The molecule has 5 rings (SSSR count). The van der Waals surface area contributed by atoms with Gasteiger partial charge in [0.15, 0.2) is 4.80 Å². The van der Waals surface area contributed by atoms with Crippen molar-refractivity contribution < 1.29 is 23.6 Å². The van der Waals surface area contributed by atoms with Gasteiger partial charge in [-0.2, -0.15) is 0 Å². The molecule has 42 heavy (non-hydrogen) atoms. The number of hydrogen-bond acceptors (Lipinski definition) is 9. The number of nitrogens with zero attached hydrogens (tertiary/aromatic N) is 3. The Morgan fingerprint density at radius 3 is 2.69 bits per heavy atom. The van der Waals surface area contributed by atoms with Crippen molar-refractivity contribution in [3.63, 3.8) is 0 Å². The Hall–Kier alpha value is -4.77. The van der Waals surface area contributed by atoms with Gasteiger partial charge in [-0.25, -0.2) is 9.79 Å². The fraction of sp³-hybridized carbons (Fsp3) is 0.258. The Morgan fingerprint density at radius 1 is 1.19 bits per heavy atom. The molecule has 10 nitrogen and oxygen atoms in total. The van der Waals surface area contributed by atoms with Crippen LogP contribution in [0.4, 0.5) is 5.69 Å². The molecule has 0 unspecified atom stereocenters. The zero-order chi connectivity index (χ0) is 30.0. The summed E-state index contributed by atoms with van der Waals surface area (Å²) < 4.78 is 18.8. The van der Waals surface area contributed by atoms with Crippen molar-refractivity contribution in [1.82, 2.24) is 4.57 Å². The SMILES string of the molecule is CCCC1=C(C(=O)OCC)[C@H](c2cccc(OC)c2)n2c(s/c(=C\c3ccc(-c4cccc([N+](=O)[O-])c4C)o3)c2=O)=N1. The normalized spacial score (nSPS) is 14.9. The predicted octanol–water partition coefficient (Wildman–Crippen LogP) is 5.06. The monoisotopic (exact) mass is 587 g/mol. The van der Waals surface area contributed by atoms with Gasteiger partial charge in [-0.3, -0.25) is 19.5 Å². The van der Waals surface area contributed by atoms with Crippen molar-refractivity contribution in [2.75, 3.05) is 13.7 Å². The standard InChI is InChI=1S/C31H29N3O7S/c1-5-9-23-27(30(36)40-6-2)28(19-10-7-11-20(16-19)39-4)33-29(35)26(42-31(33)32-23)17-21-14-15-25(41-21)22-12-8-13-24(18(22)3)34(37)38/h7-8,10-17,28H,5-6,9H2,1-4H3/b26-17-/t28-/m0/s1. The molecule has 2 aromatic carbocycles. The molecule has 2 aromatic heterocycles. The van der Waals surface area contributed by atoms with E-state index in [9.17, 15) is 19.7 Å². The molecule has 0 N–H and O–H groups in total. The summed E-state index contributed by atoms with van der Waals surface area (Å²) in [5, 5.41) is 11.4. The molecule has 1 aliphatic heterocycles. The van der Waals surface area contributed by atoms with Gasteiger partial charge in [0.2, 0.25) is 0 Å². The van der Waals surface area contributed by atoms with Gasteiger partial charge in [0.25, 0.3) is 11.2 Å². The number of benzene rings is 2. The quantitative estimate of drug-likeness (QED) is 0.152. The summed E-state index contributed by atoms with van der Waals surface area (Å²) in [4.78, 5) is 43.5. The van der Waals surface area contributed by atoms with E-state index in [2.05, 4.69) is 0 Å². The van der Waals surface area contributed by atoms with E-state index in [1.807, 2.05) is 19.1 Å². The summed E-state index contributed by atoms with van der Waals surface area (Å²) in [5.74, 6) is 0.915. The van der Waals surface area contributed by atoms with E-state index >= 15 is 0 Å². The lowest BCUT2D eigenvalue weighted by Gasteiger charge is -2.26. The minimum atomic E-state index is -0.765. The average molecular weight is 588 g/mol. The number of hydrogen-bond donors (Lipinski definition) is 0. The van der Waals surface area contributed by atoms with Crippen LogP contribution in [0.1, 0.15) is 49.6 Å². The molecular weight excluding hydrogens is 558 g/mol. The summed E-state index contributed by atoms with van der Waals surface area (Å²) in [5.41, 5.74) is 2.33. The number of aromatic nitrogens is 1. The Balaban J connectivity index is 1.67. The lowest BCUT2D eigenvalue weighted by Crippen LogP contribution is -2.40. The smallest absolute Gasteiger partial charge is 0.338 e. The first-order valence-corrected chi connectivity index (χ1v) is 14.3. The number of nitro groups is 1. The number of furan rings is 1. The lowest BCUT2D eigenvalue weighted by molar-refractivity contribution is -0.385. The van der Waals surface area contributed by atoms with Crippen molar-refractivity contribution in [2.45, 2.75) is 39.7 Å². The van der Waals surface area contributed by atoms with E-state index in [1.165, 1.54) is 22.0 Å². The van der Waals surface area contributed by atoms with E-state index < -0.39 is 16.9 Å². The first-order valence-electron chi connectivity index (χ1n) is 13.5. The molecule has 11 heteroatoms. The lowest BCUT2D eigenvalue weighted by atomic mass is 9.94. The first kappa shape index (κ1) is 28.7. The van der Waals surface area contributed by atoms with Gasteiger partial charge in [-0.15, -0.1) is 0 Å². The third-order valence-corrected chi connectivity index (χ3v) is 7.95. The summed E-state index contributed by atoms with van der Waals surface area (Å²) in [6.07, 6.45) is 2.90. The fourth-order valence-corrected chi connectivity index (χ4v) is 6.04.